The molecule has 0 fully saturated rings. The largest absolute Gasteiger partial charge is 0.497 e. The fourth-order valence-electron chi connectivity index (χ4n) is 2.64. The summed E-state index contributed by atoms with van der Waals surface area (Å²) in [5.74, 6) is -0.506. The van der Waals surface area contributed by atoms with Gasteiger partial charge in [-0.2, -0.15) is 23.3 Å². The topological polar surface area (TPSA) is 110 Å². The van der Waals surface area contributed by atoms with Crippen LogP contribution in [0.2, 0.25) is 0 Å². The summed E-state index contributed by atoms with van der Waals surface area (Å²) in [6, 6.07) is 7.49. The number of halogens is 3. The van der Waals surface area contributed by atoms with Gasteiger partial charge in [-0.05, 0) is 42.5 Å². The van der Waals surface area contributed by atoms with Crippen LogP contribution in [0.15, 0.2) is 41.3 Å². The Hall–Kier alpha value is -3.89. The van der Waals surface area contributed by atoms with Gasteiger partial charge in [0.05, 0.1) is 18.5 Å². The van der Waals surface area contributed by atoms with Gasteiger partial charge in [-0.15, -0.1) is 0 Å². The number of hydrogen-bond donors (Lipinski definition) is 2. The maximum Gasteiger partial charge on any atom is 0.431 e. The lowest BCUT2D eigenvalue weighted by molar-refractivity contribution is -0.141. The van der Waals surface area contributed by atoms with Gasteiger partial charge >= 0.3 is 17.8 Å². The molecule has 0 aliphatic heterocycles. The molecule has 2 aromatic heterocycles. The quantitative estimate of drug-likeness (QED) is 0.635. The summed E-state index contributed by atoms with van der Waals surface area (Å²) in [7, 11) is 1.51. The average Bonchev–Trinajstić information content (AvgIpc) is 3.07. The number of aromatic nitrogens is 4. The molecule has 1 aromatic carbocycles. The Bertz CT molecular complexity index is 1150. The highest BCUT2D eigenvalue weighted by atomic mass is 19.4. The number of benzene rings is 1. The number of rotatable bonds is 6. The molecule has 3 rings (SSSR count). The van der Waals surface area contributed by atoms with E-state index in [1.54, 1.807) is 29.2 Å². The minimum Gasteiger partial charge on any atom is -0.497 e. The summed E-state index contributed by atoms with van der Waals surface area (Å²) >= 11 is 0. The van der Waals surface area contributed by atoms with Crippen molar-refractivity contribution in [3.05, 3.63) is 64.0 Å². The molecule has 0 saturated carbocycles. The van der Waals surface area contributed by atoms with Crippen LogP contribution in [0.5, 0.6) is 5.75 Å². The Morgan fingerprint density at radius 2 is 1.97 bits per heavy atom. The third kappa shape index (κ3) is 4.93. The van der Waals surface area contributed by atoms with Gasteiger partial charge in [0.2, 0.25) is 0 Å². The molecule has 0 bridgehead atoms. The lowest BCUT2D eigenvalue weighted by Crippen LogP contribution is -2.19. The third-order valence-electron chi connectivity index (χ3n) is 3.95. The van der Waals surface area contributed by atoms with Crippen LogP contribution < -0.4 is 10.4 Å². The van der Waals surface area contributed by atoms with Gasteiger partial charge in [-0.1, -0.05) is 0 Å². The van der Waals surface area contributed by atoms with E-state index in [1.807, 2.05) is 0 Å². The predicted octanol–water partition coefficient (Wildman–Crippen LogP) is 2.92. The number of hydrogen-bond acceptors (Lipinski definition) is 5. The fraction of sp³-hybridized carbons (Fsp3) is 0.158. The van der Waals surface area contributed by atoms with Crippen molar-refractivity contribution in [3.8, 4) is 17.0 Å². The number of H-pyrrole nitrogens is 1. The lowest BCUT2D eigenvalue weighted by atomic mass is 10.1. The molecular formula is C19H15F3N4O4. The van der Waals surface area contributed by atoms with Crippen LogP contribution >= 0.6 is 0 Å². The number of carboxylic acid groups (broad SMARTS) is 1. The first-order chi connectivity index (χ1) is 14.2. The SMILES string of the molecule is COc1ccc(-c2nn(CC(=O)O)cc2C=Cc2cc(C(F)(F)F)[nH]c(=O)n2)cc1. The van der Waals surface area contributed by atoms with E-state index in [4.69, 9.17) is 9.84 Å². The van der Waals surface area contributed by atoms with Crippen molar-refractivity contribution in [2.45, 2.75) is 12.7 Å². The van der Waals surface area contributed by atoms with Crippen molar-refractivity contribution in [3.63, 3.8) is 0 Å². The van der Waals surface area contributed by atoms with Crippen LogP contribution in [-0.2, 0) is 17.5 Å². The molecule has 30 heavy (non-hydrogen) atoms. The summed E-state index contributed by atoms with van der Waals surface area (Å²) < 4.78 is 44.9. The van der Waals surface area contributed by atoms with Gasteiger partial charge in [0, 0.05) is 17.3 Å². The highest BCUT2D eigenvalue weighted by molar-refractivity contribution is 5.78. The molecule has 11 heteroatoms. The zero-order valence-electron chi connectivity index (χ0n) is 15.5. The number of nitrogens with zero attached hydrogens (tertiary/aromatic N) is 3. The van der Waals surface area contributed by atoms with Gasteiger partial charge in [0.25, 0.3) is 0 Å². The van der Waals surface area contributed by atoms with Gasteiger partial charge in [-0.3, -0.25) is 9.48 Å². The fourth-order valence-corrected chi connectivity index (χ4v) is 2.64. The molecule has 0 saturated heterocycles. The number of carbonyl (C=O) groups is 1. The molecule has 0 aliphatic carbocycles. The number of aromatic amines is 1. The van der Waals surface area contributed by atoms with Crippen LogP contribution in [0, 0.1) is 0 Å². The number of methoxy groups -OCH3 is 1. The molecule has 2 heterocycles. The number of aliphatic carboxylic acids is 1. The molecule has 0 radical (unpaired) electrons. The summed E-state index contributed by atoms with van der Waals surface area (Å²) in [6.07, 6.45) is -0.667. The first-order valence-electron chi connectivity index (χ1n) is 8.46. The molecule has 0 atom stereocenters. The molecule has 0 amide bonds. The summed E-state index contributed by atoms with van der Waals surface area (Å²) in [5.41, 5.74) is -1.11. The third-order valence-corrected chi connectivity index (χ3v) is 3.95. The van der Waals surface area contributed by atoms with E-state index < -0.39 is 30.1 Å². The van der Waals surface area contributed by atoms with Crippen molar-refractivity contribution in [2.24, 2.45) is 0 Å². The standard InChI is InChI=1S/C19H15F3N4O4/c1-30-14-6-3-11(4-7-14)17-12(9-26(25-17)10-16(27)28)2-5-13-8-15(19(20,21)22)24-18(29)23-13/h2-9H,10H2,1H3,(H,27,28)(H,23,24,29). The minimum atomic E-state index is -4.73. The average molecular weight is 420 g/mol. The predicted molar refractivity (Wildman–Crippen MR) is 101 cm³/mol. The smallest absolute Gasteiger partial charge is 0.431 e. The Labute approximate surface area is 167 Å². The minimum absolute atomic E-state index is 0.210. The van der Waals surface area contributed by atoms with E-state index in [2.05, 4.69) is 10.1 Å². The monoisotopic (exact) mass is 420 g/mol. The summed E-state index contributed by atoms with van der Waals surface area (Å²) in [4.78, 5) is 27.6. The zero-order valence-corrected chi connectivity index (χ0v) is 15.5. The Morgan fingerprint density at radius 1 is 1.27 bits per heavy atom. The van der Waals surface area contributed by atoms with E-state index >= 15 is 0 Å². The number of alkyl halides is 3. The molecule has 0 unspecified atom stereocenters. The van der Waals surface area contributed by atoms with Gasteiger partial charge in [0.15, 0.2) is 0 Å². The highest BCUT2D eigenvalue weighted by Gasteiger charge is 2.32. The van der Waals surface area contributed by atoms with E-state index in [-0.39, 0.29) is 5.69 Å². The Balaban J connectivity index is 2.02. The normalized spacial score (nSPS) is 11.7. The van der Waals surface area contributed by atoms with Gasteiger partial charge < -0.3 is 14.8 Å². The number of nitrogens with one attached hydrogen (secondary N) is 1. The first kappa shape index (κ1) is 20.8. The van der Waals surface area contributed by atoms with E-state index in [0.29, 0.717) is 28.6 Å². The number of carboxylic acids is 1. The molecular weight excluding hydrogens is 405 g/mol. The van der Waals surface area contributed by atoms with E-state index in [0.717, 1.165) is 0 Å². The van der Waals surface area contributed by atoms with Gasteiger partial charge in [-0.25, -0.2) is 4.79 Å². The highest BCUT2D eigenvalue weighted by Crippen LogP contribution is 2.28. The molecule has 2 N–H and O–H groups in total. The van der Waals surface area contributed by atoms with Crippen molar-refractivity contribution in [2.75, 3.05) is 7.11 Å². The molecule has 0 aliphatic rings. The van der Waals surface area contributed by atoms with Crippen LogP contribution in [0.25, 0.3) is 23.4 Å². The van der Waals surface area contributed by atoms with E-state index in [9.17, 15) is 22.8 Å². The zero-order chi connectivity index (χ0) is 21.9. The van der Waals surface area contributed by atoms with Crippen molar-refractivity contribution < 1.29 is 27.8 Å². The molecule has 8 nitrogen and oxygen atoms in total. The maximum absolute atomic E-state index is 12.9. The summed E-state index contributed by atoms with van der Waals surface area (Å²) in [5, 5.41) is 13.2. The Morgan fingerprint density at radius 3 is 2.57 bits per heavy atom. The van der Waals surface area contributed by atoms with Crippen molar-refractivity contribution in [1.29, 1.82) is 0 Å². The molecule has 0 spiro atoms. The van der Waals surface area contributed by atoms with Crippen LogP contribution in [0.3, 0.4) is 0 Å². The second kappa shape index (κ2) is 8.23. The van der Waals surface area contributed by atoms with Crippen LogP contribution in [-0.4, -0.2) is 37.9 Å². The molecule has 3 aromatic rings. The lowest BCUT2D eigenvalue weighted by Gasteiger charge is -2.05. The maximum atomic E-state index is 12.9. The second-order valence-electron chi connectivity index (χ2n) is 6.11. The summed E-state index contributed by atoms with van der Waals surface area (Å²) in [6.45, 7) is -0.404. The Kier molecular flexibility index (Phi) is 5.72. The van der Waals surface area contributed by atoms with E-state index in [1.165, 1.54) is 30.1 Å². The van der Waals surface area contributed by atoms with Crippen molar-refractivity contribution in [1.82, 2.24) is 19.7 Å². The van der Waals surface area contributed by atoms with Crippen LogP contribution in [0.4, 0.5) is 13.2 Å². The van der Waals surface area contributed by atoms with Gasteiger partial charge in [0.1, 0.15) is 18.0 Å². The van der Waals surface area contributed by atoms with Crippen LogP contribution in [0.1, 0.15) is 17.0 Å². The number of ether oxygens (including phenoxy) is 1. The molecule has 156 valence electrons. The van der Waals surface area contributed by atoms with Crippen molar-refractivity contribution >= 4 is 18.1 Å². The second-order valence-corrected chi connectivity index (χ2v) is 6.11. The first-order valence-corrected chi connectivity index (χ1v) is 8.46.